The maximum absolute atomic E-state index is 10.1. The van der Waals surface area contributed by atoms with E-state index in [2.05, 4.69) is 4.98 Å². The van der Waals surface area contributed by atoms with E-state index in [1.807, 2.05) is 0 Å². The molecule has 2 aromatic rings. The van der Waals surface area contributed by atoms with Crippen molar-refractivity contribution in [3.05, 3.63) is 46.8 Å². The molecule has 0 aliphatic carbocycles. The van der Waals surface area contributed by atoms with E-state index in [0.717, 1.165) is 5.56 Å². The number of phenols is 2. The first-order valence-corrected chi connectivity index (χ1v) is 5.88. The number of pyridine rings is 1. The largest absolute Gasteiger partial charge is 0.508 e. The molecule has 0 radical (unpaired) electrons. The van der Waals surface area contributed by atoms with Crippen molar-refractivity contribution in [2.24, 2.45) is 0 Å². The summed E-state index contributed by atoms with van der Waals surface area (Å²) < 4.78 is 5.62. The molecule has 1 atom stereocenters. The zero-order chi connectivity index (χ0) is 13.6. The molecule has 0 saturated heterocycles. The van der Waals surface area contributed by atoms with Gasteiger partial charge in [-0.2, -0.15) is 0 Å². The van der Waals surface area contributed by atoms with Crippen LogP contribution in [0, 0.1) is 6.92 Å². The molecule has 1 aromatic heterocycles. The number of hydrogen-bond acceptors (Lipinski definition) is 5. The average molecular weight is 259 g/mol. The lowest BCUT2D eigenvalue weighted by Gasteiger charge is -2.15. The zero-order valence-electron chi connectivity index (χ0n) is 10.3. The zero-order valence-corrected chi connectivity index (χ0v) is 10.3. The third kappa shape index (κ3) is 1.79. The number of rotatable bonds is 1. The van der Waals surface area contributed by atoms with Gasteiger partial charge in [0.15, 0.2) is 0 Å². The van der Waals surface area contributed by atoms with Crippen LogP contribution < -0.4 is 0 Å². The van der Waals surface area contributed by atoms with Crippen LogP contribution in [0.1, 0.15) is 28.5 Å². The van der Waals surface area contributed by atoms with Crippen LogP contribution in [0.25, 0.3) is 0 Å². The van der Waals surface area contributed by atoms with Crippen LogP contribution in [-0.4, -0.2) is 20.3 Å². The molecule has 3 rings (SSSR count). The van der Waals surface area contributed by atoms with Crippen molar-refractivity contribution in [3.63, 3.8) is 0 Å². The summed E-state index contributed by atoms with van der Waals surface area (Å²) >= 11 is 0. The molecule has 1 aromatic carbocycles. The highest BCUT2D eigenvalue weighted by Gasteiger charge is 2.31. The Labute approximate surface area is 109 Å². The number of ether oxygens (including phenoxy) is 1. The van der Waals surface area contributed by atoms with Gasteiger partial charge in [-0.25, -0.2) is 0 Å². The highest BCUT2D eigenvalue weighted by Crippen LogP contribution is 2.44. The van der Waals surface area contributed by atoms with E-state index >= 15 is 0 Å². The average Bonchev–Trinajstić information content (AvgIpc) is 2.78. The lowest BCUT2D eigenvalue weighted by molar-refractivity contribution is 0.0910. The molecule has 0 saturated carbocycles. The van der Waals surface area contributed by atoms with Crippen LogP contribution in [0.15, 0.2) is 24.4 Å². The molecule has 0 amide bonds. The predicted molar refractivity (Wildman–Crippen MR) is 67.0 cm³/mol. The monoisotopic (exact) mass is 259 g/mol. The standard InChI is InChI=1S/C14H13NO4/c1-7-13(18)12-8(5-15-7)6-19-14(12)10-3-2-9(16)4-11(10)17/h2-5,14,16-18H,6H2,1H3. The van der Waals surface area contributed by atoms with Crippen molar-refractivity contribution >= 4 is 0 Å². The SMILES string of the molecule is Cc1ncc2c(c1O)C(c1ccc(O)cc1O)OC2. The molecule has 0 fully saturated rings. The number of nitrogens with zero attached hydrogens (tertiary/aromatic N) is 1. The number of benzene rings is 1. The fourth-order valence-electron chi connectivity index (χ4n) is 2.32. The van der Waals surface area contributed by atoms with Crippen LogP contribution in [0.2, 0.25) is 0 Å². The number of aromatic hydroxyl groups is 3. The van der Waals surface area contributed by atoms with Crippen LogP contribution in [-0.2, 0) is 11.3 Å². The van der Waals surface area contributed by atoms with Gasteiger partial charge >= 0.3 is 0 Å². The number of hydrogen-bond donors (Lipinski definition) is 3. The van der Waals surface area contributed by atoms with E-state index in [4.69, 9.17) is 4.74 Å². The minimum atomic E-state index is -0.544. The Morgan fingerprint density at radius 2 is 2.05 bits per heavy atom. The van der Waals surface area contributed by atoms with Crippen LogP contribution in [0.3, 0.4) is 0 Å². The maximum atomic E-state index is 10.1. The fourth-order valence-corrected chi connectivity index (χ4v) is 2.32. The molecule has 1 aliphatic rings. The Bertz CT molecular complexity index is 654. The van der Waals surface area contributed by atoms with E-state index in [9.17, 15) is 15.3 Å². The van der Waals surface area contributed by atoms with Crippen LogP contribution >= 0.6 is 0 Å². The molecule has 1 aliphatic heterocycles. The van der Waals surface area contributed by atoms with E-state index in [0.29, 0.717) is 23.4 Å². The summed E-state index contributed by atoms with van der Waals surface area (Å²) in [5.41, 5.74) is 2.47. The lowest BCUT2D eigenvalue weighted by atomic mass is 9.98. The Hall–Kier alpha value is -2.27. The van der Waals surface area contributed by atoms with Gasteiger partial charge in [-0.3, -0.25) is 4.98 Å². The van der Waals surface area contributed by atoms with Crippen LogP contribution in [0.5, 0.6) is 17.2 Å². The second-order valence-electron chi connectivity index (χ2n) is 4.57. The third-order valence-corrected chi connectivity index (χ3v) is 3.32. The van der Waals surface area contributed by atoms with Gasteiger partial charge in [0, 0.05) is 29.0 Å². The second-order valence-corrected chi connectivity index (χ2v) is 4.57. The Balaban J connectivity index is 2.14. The van der Waals surface area contributed by atoms with Crippen molar-refractivity contribution in [1.29, 1.82) is 0 Å². The van der Waals surface area contributed by atoms with Crippen molar-refractivity contribution < 1.29 is 20.1 Å². The minimum Gasteiger partial charge on any atom is -0.508 e. The molecular formula is C14H13NO4. The van der Waals surface area contributed by atoms with Crippen molar-refractivity contribution in [2.45, 2.75) is 19.6 Å². The number of aromatic nitrogens is 1. The first-order valence-electron chi connectivity index (χ1n) is 5.88. The molecule has 5 nitrogen and oxygen atoms in total. The Morgan fingerprint density at radius 3 is 2.79 bits per heavy atom. The van der Waals surface area contributed by atoms with Crippen molar-refractivity contribution in [1.82, 2.24) is 4.98 Å². The number of fused-ring (bicyclic) bond motifs is 1. The van der Waals surface area contributed by atoms with Crippen molar-refractivity contribution in [2.75, 3.05) is 0 Å². The molecule has 0 bridgehead atoms. The summed E-state index contributed by atoms with van der Waals surface area (Å²) in [5.74, 6) is 0.00814. The topological polar surface area (TPSA) is 82.8 Å². The molecule has 2 heterocycles. The first-order chi connectivity index (χ1) is 9.08. The Morgan fingerprint density at radius 1 is 1.26 bits per heavy atom. The highest BCUT2D eigenvalue weighted by atomic mass is 16.5. The predicted octanol–water partition coefficient (Wildman–Crippen LogP) is 2.13. The van der Waals surface area contributed by atoms with Gasteiger partial charge in [-0.1, -0.05) is 0 Å². The van der Waals surface area contributed by atoms with Gasteiger partial charge < -0.3 is 20.1 Å². The fraction of sp³-hybridized carbons (Fsp3) is 0.214. The smallest absolute Gasteiger partial charge is 0.143 e. The van der Waals surface area contributed by atoms with Gasteiger partial charge in [0.25, 0.3) is 0 Å². The summed E-state index contributed by atoms with van der Waals surface area (Å²) in [6, 6.07) is 4.31. The van der Waals surface area contributed by atoms with E-state index in [1.165, 1.54) is 12.1 Å². The van der Waals surface area contributed by atoms with E-state index in [1.54, 1.807) is 19.2 Å². The molecule has 1 unspecified atom stereocenters. The summed E-state index contributed by atoms with van der Waals surface area (Å²) in [6.07, 6.45) is 1.12. The second kappa shape index (κ2) is 4.13. The summed E-state index contributed by atoms with van der Waals surface area (Å²) in [7, 11) is 0. The van der Waals surface area contributed by atoms with Gasteiger partial charge in [0.2, 0.25) is 0 Å². The van der Waals surface area contributed by atoms with E-state index < -0.39 is 6.10 Å². The highest BCUT2D eigenvalue weighted by molar-refractivity contribution is 5.51. The van der Waals surface area contributed by atoms with Crippen molar-refractivity contribution in [3.8, 4) is 17.2 Å². The quantitative estimate of drug-likeness (QED) is 0.730. The summed E-state index contributed by atoms with van der Waals surface area (Å²) in [6.45, 7) is 2.04. The molecule has 3 N–H and O–H groups in total. The Kier molecular flexibility index (Phi) is 2.57. The first kappa shape index (κ1) is 11.8. The van der Waals surface area contributed by atoms with Gasteiger partial charge in [0.05, 0.1) is 12.3 Å². The van der Waals surface area contributed by atoms with Gasteiger partial charge in [-0.05, 0) is 19.1 Å². The molecule has 19 heavy (non-hydrogen) atoms. The summed E-state index contributed by atoms with van der Waals surface area (Å²) in [5, 5.41) is 29.3. The van der Waals surface area contributed by atoms with E-state index in [-0.39, 0.29) is 17.2 Å². The molecule has 0 spiro atoms. The maximum Gasteiger partial charge on any atom is 0.143 e. The molecular weight excluding hydrogens is 246 g/mol. The molecule has 98 valence electrons. The molecule has 5 heteroatoms. The number of phenolic OH excluding ortho intramolecular Hbond substituents is 2. The normalized spacial score (nSPS) is 17.4. The van der Waals surface area contributed by atoms with Gasteiger partial charge in [0.1, 0.15) is 23.4 Å². The summed E-state index contributed by atoms with van der Waals surface area (Å²) in [4.78, 5) is 4.08. The minimum absolute atomic E-state index is 0.0189. The van der Waals surface area contributed by atoms with Crippen LogP contribution in [0.4, 0.5) is 0 Å². The third-order valence-electron chi connectivity index (χ3n) is 3.32. The lowest BCUT2D eigenvalue weighted by Crippen LogP contribution is -2.00. The van der Waals surface area contributed by atoms with Gasteiger partial charge in [-0.15, -0.1) is 0 Å². The number of aryl methyl sites for hydroxylation is 1.